The van der Waals surface area contributed by atoms with Crippen molar-refractivity contribution < 1.29 is 4.79 Å². The second-order valence-electron chi connectivity index (χ2n) is 2.42. The molecule has 1 radical (unpaired) electrons. The van der Waals surface area contributed by atoms with E-state index in [0.29, 0.717) is 6.42 Å². The Bertz CT molecular complexity index is 281. The minimum Gasteiger partial charge on any atom is -0.294 e. The van der Waals surface area contributed by atoms with Crippen LogP contribution in [-0.4, -0.2) is 12.0 Å². The molecule has 0 unspecified atom stereocenters. The third-order valence-electron chi connectivity index (χ3n) is 1.64. The molecule has 1 aromatic rings. The second-order valence-corrected chi connectivity index (χ2v) is 3.27. The lowest BCUT2D eigenvalue weighted by atomic mass is 10.1. The minimum absolute atomic E-state index is 0.194. The number of thioether (sulfide) groups is 1. The van der Waals surface area contributed by atoms with E-state index in [4.69, 9.17) is 0 Å². The van der Waals surface area contributed by atoms with Crippen molar-refractivity contribution in [3.8, 4) is 0 Å². The van der Waals surface area contributed by atoms with Gasteiger partial charge in [-0.25, -0.2) is 0 Å². The normalized spacial score (nSPS) is 9.83. The van der Waals surface area contributed by atoms with Crippen molar-refractivity contribution in [1.82, 2.24) is 0 Å². The van der Waals surface area contributed by atoms with Gasteiger partial charge in [-0.1, -0.05) is 19.1 Å². The van der Waals surface area contributed by atoms with Crippen molar-refractivity contribution in [3.05, 3.63) is 29.8 Å². The Morgan fingerprint density at radius 1 is 1.67 bits per heavy atom. The maximum Gasteiger partial charge on any atom is 0.162 e. The Hall–Kier alpha value is -0.760. The van der Waals surface area contributed by atoms with Crippen LogP contribution < -0.4 is 0 Å². The number of benzene rings is 1. The van der Waals surface area contributed by atoms with Crippen LogP contribution in [0.1, 0.15) is 23.7 Å². The molecule has 0 aromatic heterocycles. The molecule has 1 aromatic carbocycles. The van der Waals surface area contributed by atoms with Gasteiger partial charge in [-0.2, -0.15) is 0 Å². The lowest BCUT2D eigenvalue weighted by molar-refractivity contribution is 0.0988. The van der Waals surface area contributed by atoms with Crippen molar-refractivity contribution in [2.45, 2.75) is 18.2 Å². The van der Waals surface area contributed by atoms with Crippen LogP contribution in [0.4, 0.5) is 0 Å². The highest BCUT2D eigenvalue weighted by atomic mass is 32.2. The third kappa shape index (κ3) is 2.11. The average molecular weight is 179 g/mol. The van der Waals surface area contributed by atoms with E-state index in [1.54, 1.807) is 17.8 Å². The highest BCUT2D eigenvalue weighted by molar-refractivity contribution is 7.98. The van der Waals surface area contributed by atoms with Gasteiger partial charge in [-0.3, -0.25) is 4.79 Å². The summed E-state index contributed by atoms with van der Waals surface area (Å²) in [5, 5.41) is 0. The maximum atomic E-state index is 11.3. The van der Waals surface area contributed by atoms with Crippen molar-refractivity contribution >= 4 is 17.5 Å². The van der Waals surface area contributed by atoms with E-state index in [9.17, 15) is 4.79 Å². The Morgan fingerprint density at radius 2 is 2.42 bits per heavy atom. The van der Waals surface area contributed by atoms with Gasteiger partial charge in [0, 0.05) is 16.9 Å². The summed E-state index contributed by atoms with van der Waals surface area (Å²) in [6.45, 7) is 1.87. The van der Waals surface area contributed by atoms with Crippen LogP contribution in [0.2, 0.25) is 0 Å². The van der Waals surface area contributed by atoms with Gasteiger partial charge in [0.2, 0.25) is 0 Å². The number of carbonyl (C=O) groups excluding carboxylic acids is 1. The molecule has 63 valence electrons. The van der Waals surface area contributed by atoms with Crippen LogP contribution in [0.3, 0.4) is 0 Å². The summed E-state index contributed by atoms with van der Waals surface area (Å²) in [4.78, 5) is 12.3. The van der Waals surface area contributed by atoms with Gasteiger partial charge in [0.1, 0.15) is 0 Å². The lowest BCUT2D eigenvalue weighted by Gasteiger charge is -1.99. The van der Waals surface area contributed by atoms with Gasteiger partial charge in [0.25, 0.3) is 0 Å². The van der Waals surface area contributed by atoms with Crippen LogP contribution in [-0.2, 0) is 0 Å². The summed E-state index contributed by atoms with van der Waals surface area (Å²) in [6, 6.07) is 8.54. The summed E-state index contributed by atoms with van der Waals surface area (Å²) in [6.07, 6.45) is 2.55. The van der Waals surface area contributed by atoms with Gasteiger partial charge >= 0.3 is 0 Å². The number of rotatable bonds is 3. The number of carbonyl (C=O) groups is 1. The fourth-order valence-corrected chi connectivity index (χ4v) is 1.37. The van der Waals surface area contributed by atoms with E-state index in [0.717, 1.165) is 10.5 Å². The Labute approximate surface area is 77.2 Å². The standard InChI is InChI=1S/C10H11OS/c1-3-10(11)8-5-4-6-9(7-8)12-2/h4-5,7H,3H2,1-2H3. The summed E-state index contributed by atoms with van der Waals surface area (Å²) >= 11 is 1.60. The fourth-order valence-electron chi connectivity index (χ4n) is 0.940. The summed E-state index contributed by atoms with van der Waals surface area (Å²) in [7, 11) is 0. The fraction of sp³-hybridized carbons (Fsp3) is 0.300. The van der Waals surface area contributed by atoms with E-state index < -0.39 is 0 Å². The van der Waals surface area contributed by atoms with Crippen molar-refractivity contribution in [3.63, 3.8) is 0 Å². The molecule has 2 heteroatoms. The molecule has 0 aliphatic carbocycles. The molecule has 0 aliphatic heterocycles. The van der Waals surface area contributed by atoms with E-state index in [1.807, 2.05) is 25.3 Å². The largest absolute Gasteiger partial charge is 0.294 e. The predicted octanol–water partition coefficient (Wildman–Crippen LogP) is 2.80. The molecule has 0 aliphatic rings. The smallest absolute Gasteiger partial charge is 0.162 e. The van der Waals surface area contributed by atoms with E-state index in [1.165, 1.54) is 0 Å². The molecule has 0 N–H and O–H groups in total. The molecule has 1 nitrogen and oxygen atoms in total. The number of hydrogen-bond donors (Lipinski definition) is 0. The quantitative estimate of drug-likeness (QED) is 0.524. The number of hydrogen-bond acceptors (Lipinski definition) is 2. The molecule has 0 fully saturated rings. The lowest BCUT2D eigenvalue weighted by Crippen LogP contribution is -1.95. The molecule has 1 rings (SSSR count). The summed E-state index contributed by atoms with van der Waals surface area (Å²) < 4.78 is 0. The topological polar surface area (TPSA) is 17.1 Å². The first-order valence-corrected chi connectivity index (χ1v) is 5.09. The SMILES string of the molecule is CCC(=O)c1cc[c]c(SC)c1. The summed E-state index contributed by atoms with van der Waals surface area (Å²) in [5.74, 6) is 0.194. The van der Waals surface area contributed by atoms with Gasteiger partial charge in [-0.15, -0.1) is 11.8 Å². The molecule has 0 bridgehead atoms. The molecular weight excluding hydrogens is 168 g/mol. The van der Waals surface area contributed by atoms with Crippen LogP contribution in [0.5, 0.6) is 0 Å². The van der Waals surface area contributed by atoms with Crippen molar-refractivity contribution in [2.24, 2.45) is 0 Å². The minimum atomic E-state index is 0.194. The monoisotopic (exact) mass is 179 g/mol. The van der Waals surface area contributed by atoms with Crippen LogP contribution in [0, 0.1) is 6.07 Å². The first-order valence-electron chi connectivity index (χ1n) is 3.87. The molecule has 0 saturated heterocycles. The number of ketones is 1. The van der Waals surface area contributed by atoms with E-state index in [2.05, 4.69) is 6.07 Å². The Kier molecular flexibility index (Phi) is 3.35. The zero-order valence-electron chi connectivity index (χ0n) is 7.26. The van der Waals surface area contributed by atoms with Gasteiger partial charge in [0.05, 0.1) is 0 Å². The molecule has 0 atom stereocenters. The van der Waals surface area contributed by atoms with Crippen LogP contribution in [0.15, 0.2) is 23.1 Å². The first-order chi connectivity index (χ1) is 5.77. The Balaban J connectivity index is 2.93. The Morgan fingerprint density at radius 3 is 3.00 bits per heavy atom. The highest BCUT2D eigenvalue weighted by Gasteiger charge is 2.02. The molecule has 0 saturated carbocycles. The first kappa shape index (κ1) is 9.33. The summed E-state index contributed by atoms with van der Waals surface area (Å²) in [5.41, 5.74) is 0.792. The van der Waals surface area contributed by atoms with E-state index in [-0.39, 0.29) is 5.78 Å². The van der Waals surface area contributed by atoms with Crippen molar-refractivity contribution in [1.29, 1.82) is 0 Å². The van der Waals surface area contributed by atoms with Crippen LogP contribution in [0.25, 0.3) is 0 Å². The average Bonchev–Trinajstić information content (AvgIpc) is 2.17. The molecule has 12 heavy (non-hydrogen) atoms. The van der Waals surface area contributed by atoms with Crippen LogP contribution >= 0.6 is 11.8 Å². The third-order valence-corrected chi connectivity index (χ3v) is 2.31. The molecule has 0 amide bonds. The van der Waals surface area contributed by atoms with E-state index >= 15 is 0 Å². The molecular formula is C10H11OS. The molecule has 0 heterocycles. The zero-order chi connectivity index (χ0) is 8.97. The van der Waals surface area contributed by atoms with Crippen molar-refractivity contribution in [2.75, 3.05) is 6.26 Å². The molecule has 0 spiro atoms. The number of Topliss-reactive ketones (excluding diaryl/α,β-unsaturated/α-hetero) is 1. The van der Waals surface area contributed by atoms with Gasteiger partial charge in [0.15, 0.2) is 5.78 Å². The maximum absolute atomic E-state index is 11.3. The zero-order valence-corrected chi connectivity index (χ0v) is 8.07. The second kappa shape index (κ2) is 4.31. The van der Waals surface area contributed by atoms with Gasteiger partial charge < -0.3 is 0 Å². The predicted molar refractivity (Wildman–Crippen MR) is 51.7 cm³/mol. The highest BCUT2D eigenvalue weighted by Crippen LogP contribution is 2.15. The van der Waals surface area contributed by atoms with Gasteiger partial charge in [-0.05, 0) is 18.4 Å².